The average Bonchev–Trinajstić information content (AvgIpc) is 2.30. The quantitative estimate of drug-likeness (QED) is 0.582. The van der Waals surface area contributed by atoms with Gasteiger partial charge in [-0.15, -0.1) is 0 Å². The first-order chi connectivity index (χ1) is 7.72. The van der Waals surface area contributed by atoms with Crippen LogP contribution >= 0.6 is 23.4 Å². The van der Waals surface area contributed by atoms with Crippen LogP contribution in [-0.4, -0.2) is 32.0 Å². The number of hydrogen-bond acceptors (Lipinski definition) is 4. The van der Waals surface area contributed by atoms with E-state index in [-0.39, 0.29) is 0 Å². The van der Waals surface area contributed by atoms with Crippen LogP contribution < -0.4 is 9.47 Å². The van der Waals surface area contributed by atoms with Crippen molar-refractivity contribution in [3.05, 3.63) is 22.7 Å². The molecule has 0 fully saturated rings. The number of benzene rings is 1. The highest BCUT2D eigenvalue weighted by Crippen LogP contribution is 2.36. The highest BCUT2D eigenvalue weighted by Gasteiger charge is 2.11. The van der Waals surface area contributed by atoms with E-state index in [1.165, 1.54) is 7.11 Å². The maximum Gasteiger partial charge on any atom is 0.179 e. The van der Waals surface area contributed by atoms with Gasteiger partial charge in [-0.25, -0.2) is 0 Å². The Morgan fingerprint density at radius 3 is 2.81 bits per heavy atom. The van der Waals surface area contributed by atoms with Gasteiger partial charge in [0, 0.05) is 11.3 Å². The molecule has 3 nitrogen and oxygen atoms in total. The van der Waals surface area contributed by atoms with E-state index in [4.69, 9.17) is 21.1 Å². The van der Waals surface area contributed by atoms with Gasteiger partial charge in [0.2, 0.25) is 0 Å². The topological polar surface area (TPSA) is 35.5 Å². The van der Waals surface area contributed by atoms with Crippen LogP contribution in [0.1, 0.15) is 10.4 Å². The lowest BCUT2D eigenvalue weighted by atomic mass is 10.2. The van der Waals surface area contributed by atoms with Gasteiger partial charge < -0.3 is 9.47 Å². The normalized spacial score (nSPS) is 9.94. The third-order valence-electron chi connectivity index (χ3n) is 1.92. The molecule has 0 aliphatic carbocycles. The van der Waals surface area contributed by atoms with E-state index in [9.17, 15) is 4.79 Å². The van der Waals surface area contributed by atoms with Crippen molar-refractivity contribution in [2.75, 3.05) is 25.7 Å². The van der Waals surface area contributed by atoms with Crippen LogP contribution in [0.4, 0.5) is 0 Å². The van der Waals surface area contributed by atoms with E-state index >= 15 is 0 Å². The number of methoxy groups -OCH3 is 1. The zero-order chi connectivity index (χ0) is 12.0. The van der Waals surface area contributed by atoms with Crippen LogP contribution in [0.15, 0.2) is 12.1 Å². The van der Waals surface area contributed by atoms with Gasteiger partial charge in [0.15, 0.2) is 11.5 Å². The lowest BCUT2D eigenvalue weighted by Crippen LogP contribution is -2.02. The minimum atomic E-state index is 0.391. The third-order valence-corrected chi connectivity index (χ3v) is 2.78. The number of carbonyl (C=O) groups is 1. The summed E-state index contributed by atoms with van der Waals surface area (Å²) < 4.78 is 10.6. The summed E-state index contributed by atoms with van der Waals surface area (Å²) in [5.41, 5.74) is 0.471. The van der Waals surface area contributed by atoms with Crippen molar-refractivity contribution in [3.8, 4) is 11.5 Å². The van der Waals surface area contributed by atoms with E-state index in [2.05, 4.69) is 0 Å². The molecule has 5 heteroatoms. The summed E-state index contributed by atoms with van der Waals surface area (Å²) in [6, 6.07) is 3.17. The molecular formula is C11H13ClO3S. The fourth-order valence-corrected chi connectivity index (χ4v) is 1.70. The van der Waals surface area contributed by atoms with Crippen molar-refractivity contribution in [2.24, 2.45) is 0 Å². The largest absolute Gasteiger partial charge is 0.493 e. The predicted molar refractivity (Wildman–Crippen MR) is 67.3 cm³/mol. The molecule has 0 amide bonds. The Morgan fingerprint density at radius 1 is 1.50 bits per heavy atom. The van der Waals surface area contributed by atoms with Gasteiger partial charge in [-0.3, -0.25) is 4.79 Å². The SMILES string of the molecule is COc1cc(C=O)cc(Cl)c1OCCSC. The van der Waals surface area contributed by atoms with Gasteiger partial charge in [0.05, 0.1) is 18.7 Å². The average molecular weight is 261 g/mol. The van der Waals surface area contributed by atoms with Crippen molar-refractivity contribution in [1.29, 1.82) is 0 Å². The second-order valence-electron chi connectivity index (χ2n) is 2.99. The molecule has 0 atom stereocenters. The molecule has 1 rings (SSSR count). The lowest BCUT2D eigenvalue weighted by Gasteiger charge is -2.12. The summed E-state index contributed by atoms with van der Waals surface area (Å²) in [4.78, 5) is 10.6. The fraction of sp³-hybridized carbons (Fsp3) is 0.364. The molecular weight excluding hydrogens is 248 g/mol. The number of carbonyl (C=O) groups excluding carboxylic acids is 1. The molecule has 0 radical (unpaired) electrons. The molecule has 0 N–H and O–H groups in total. The Bertz CT molecular complexity index is 368. The van der Waals surface area contributed by atoms with E-state index in [0.29, 0.717) is 28.7 Å². The van der Waals surface area contributed by atoms with Gasteiger partial charge in [-0.1, -0.05) is 11.6 Å². The number of ether oxygens (including phenoxy) is 2. The second kappa shape index (κ2) is 6.66. The number of hydrogen-bond donors (Lipinski definition) is 0. The van der Waals surface area contributed by atoms with E-state index in [1.807, 2.05) is 6.26 Å². The summed E-state index contributed by atoms with van der Waals surface area (Å²) in [5.74, 6) is 1.84. The zero-order valence-electron chi connectivity index (χ0n) is 9.16. The number of rotatable bonds is 6. The second-order valence-corrected chi connectivity index (χ2v) is 4.39. The standard InChI is InChI=1S/C11H13ClO3S/c1-14-10-6-8(7-13)5-9(12)11(10)15-3-4-16-2/h5-7H,3-4H2,1-2H3. The van der Waals surface area contributed by atoms with Gasteiger partial charge >= 0.3 is 0 Å². The molecule has 88 valence electrons. The third kappa shape index (κ3) is 3.32. The number of aldehydes is 1. The first-order valence-electron chi connectivity index (χ1n) is 4.67. The van der Waals surface area contributed by atoms with Crippen LogP contribution in [0, 0.1) is 0 Å². The molecule has 0 aliphatic heterocycles. The van der Waals surface area contributed by atoms with Gasteiger partial charge in [0.25, 0.3) is 0 Å². The Kier molecular flexibility index (Phi) is 5.49. The highest BCUT2D eigenvalue weighted by molar-refractivity contribution is 7.98. The van der Waals surface area contributed by atoms with E-state index in [0.717, 1.165) is 12.0 Å². The van der Waals surface area contributed by atoms with Crippen LogP contribution in [0.25, 0.3) is 0 Å². The highest BCUT2D eigenvalue weighted by atomic mass is 35.5. The van der Waals surface area contributed by atoms with Crippen LogP contribution in [-0.2, 0) is 0 Å². The molecule has 0 saturated carbocycles. The Hall–Kier alpha value is -0.870. The summed E-state index contributed by atoms with van der Waals surface area (Å²) >= 11 is 7.68. The Labute approximate surface area is 104 Å². The van der Waals surface area contributed by atoms with Gasteiger partial charge in [-0.05, 0) is 18.4 Å². The molecule has 0 saturated heterocycles. The smallest absolute Gasteiger partial charge is 0.179 e. The summed E-state index contributed by atoms with van der Waals surface area (Å²) in [6.45, 7) is 0.553. The summed E-state index contributed by atoms with van der Waals surface area (Å²) in [6.07, 6.45) is 2.72. The molecule has 0 bridgehead atoms. The molecule has 1 aromatic rings. The van der Waals surface area contributed by atoms with Gasteiger partial charge in [-0.2, -0.15) is 11.8 Å². The minimum Gasteiger partial charge on any atom is -0.493 e. The molecule has 16 heavy (non-hydrogen) atoms. The molecule has 0 unspecified atom stereocenters. The van der Waals surface area contributed by atoms with E-state index in [1.54, 1.807) is 23.9 Å². The molecule has 0 aromatic heterocycles. The summed E-state index contributed by atoms with van der Waals surface area (Å²) in [5, 5.41) is 0.391. The minimum absolute atomic E-state index is 0.391. The zero-order valence-corrected chi connectivity index (χ0v) is 10.7. The van der Waals surface area contributed by atoms with Crippen molar-refractivity contribution < 1.29 is 14.3 Å². The lowest BCUT2D eigenvalue weighted by molar-refractivity contribution is 0.112. The Balaban J connectivity index is 2.92. The van der Waals surface area contributed by atoms with Crippen LogP contribution in [0.5, 0.6) is 11.5 Å². The first-order valence-corrected chi connectivity index (χ1v) is 6.44. The molecule has 1 aromatic carbocycles. The molecule has 0 spiro atoms. The monoisotopic (exact) mass is 260 g/mol. The molecule has 0 heterocycles. The fourth-order valence-electron chi connectivity index (χ4n) is 1.17. The van der Waals surface area contributed by atoms with Crippen molar-refractivity contribution >= 4 is 29.6 Å². The maximum absolute atomic E-state index is 10.6. The Morgan fingerprint density at radius 2 is 2.25 bits per heavy atom. The first kappa shape index (κ1) is 13.2. The number of thioether (sulfide) groups is 1. The van der Waals surface area contributed by atoms with Crippen molar-refractivity contribution in [3.63, 3.8) is 0 Å². The predicted octanol–water partition coefficient (Wildman–Crippen LogP) is 2.90. The maximum atomic E-state index is 10.6. The number of halogens is 1. The van der Waals surface area contributed by atoms with E-state index < -0.39 is 0 Å². The van der Waals surface area contributed by atoms with Crippen LogP contribution in [0.3, 0.4) is 0 Å². The van der Waals surface area contributed by atoms with Crippen molar-refractivity contribution in [2.45, 2.75) is 0 Å². The van der Waals surface area contributed by atoms with Gasteiger partial charge in [0.1, 0.15) is 6.29 Å². The molecule has 0 aliphatic rings. The van der Waals surface area contributed by atoms with Crippen LogP contribution in [0.2, 0.25) is 5.02 Å². The summed E-state index contributed by atoms with van der Waals surface area (Å²) in [7, 11) is 1.52. The van der Waals surface area contributed by atoms with Crippen molar-refractivity contribution in [1.82, 2.24) is 0 Å².